The smallest absolute Gasteiger partial charge is 0.221 e. The van der Waals surface area contributed by atoms with Crippen LogP contribution in [0.15, 0.2) is 18.6 Å². The van der Waals surface area contributed by atoms with E-state index < -0.39 is 0 Å². The van der Waals surface area contributed by atoms with Gasteiger partial charge in [-0.25, -0.2) is 9.97 Å². The van der Waals surface area contributed by atoms with Crippen LogP contribution in [0.2, 0.25) is 0 Å². The van der Waals surface area contributed by atoms with Gasteiger partial charge in [-0.15, -0.1) is 0 Å². The van der Waals surface area contributed by atoms with Crippen LogP contribution in [0.3, 0.4) is 0 Å². The lowest BCUT2D eigenvalue weighted by atomic mass is 10.2. The van der Waals surface area contributed by atoms with Crippen molar-refractivity contribution in [2.45, 2.75) is 32.7 Å². The lowest BCUT2D eigenvalue weighted by molar-refractivity contribution is -0.121. The topological polar surface area (TPSA) is 83.3 Å². The van der Waals surface area contributed by atoms with Crippen LogP contribution < -0.4 is 16.0 Å². The largest absolute Gasteiger partial charge is 0.372 e. The molecule has 2 aromatic heterocycles. The van der Waals surface area contributed by atoms with Gasteiger partial charge in [0.25, 0.3) is 0 Å². The van der Waals surface area contributed by atoms with E-state index >= 15 is 0 Å². The summed E-state index contributed by atoms with van der Waals surface area (Å²) in [7, 11) is 1.81. The summed E-state index contributed by atoms with van der Waals surface area (Å²) in [6.07, 6.45) is 6.78. The van der Waals surface area contributed by atoms with Gasteiger partial charge in [0.1, 0.15) is 5.82 Å². The predicted octanol–water partition coefficient (Wildman–Crippen LogP) is 1.49. The highest BCUT2D eigenvalue weighted by Gasteiger charge is 2.08. The van der Waals surface area contributed by atoms with Crippen LogP contribution >= 0.6 is 0 Å². The molecule has 2 rings (SSSR count). The Morgan fingerprint density at radius 1 is 1.48 bits per heavy atom. The molecule has 2 heterocycles. The number of fused-ring (bicyclic) bond motifs is 1. The molecular formula is C14H22N6O. The van der Waals surface area contributed by atoms with Gasteiger partial charge in [0.15, 0.2) is 11.5 Å². The van der Waals surface area contributed by atoms with Crippen molar-refractivity contribution < 1.29 is 4.79 Å². The van der Waals surface area contributed by atoms with Gasteiger partial charge in [-0.2, -0.15) is 0 Å². The third-order valence-corrected chi connectivity index (χ3v) is 3.29. The second-order valence-corrected chi connectivity index (χ2v) is 4.94. The number of aromatic nitrogens is 3. The van der Waals surface area contributed by atoms with Crippen LogP contribution in [0.5, 0.6) is 0 Å². The molecule has 0 aliphatic carbocycles. The van der Waals surface area contributed by atoms with E-state index in [2.05, 4.69) is 25.9 Å². The predicted molar refractivity (Wildman–Crippen MR) is 83.5 cm³/mol. The van der Waals surface area contributed by atoms with Gasteiger partial charge in [-0.05, 0) is 13.3 Å². The van der Waals surface area contributed by atoms with E-state index in [1.807, 2.05) is 37.7 Å². The van der Waals surface area contributed by atoms with Gasteiger partial charge in [-0.1, -0.05) is 6.92 Å². The van der Waals surface area contributed by atoms with Crippen LogP contribution in [-0.2, 0) is 4.79 Å². The third kappa shape index (κ3) is 3.84. The van der Waals surface area contributed by atoms with E-state index in [9.17, 15) is 4.79 Å². The molecule has 3 N–H and O–H groups in total. The van der Waals surface area contributed by atoms with E-state index in [0.29, 0.717) is 18.8 Å². The molecule has 21 heavy (non-hydrogen) atoms. The molecule has 0 aliphatic rings. The zero-order valence-corrected chi connectivity index (χ0v) is 12.7. The lowest BCUT2D eigenvalue weighted by Crippen LogP contribution is -2.33. The first-order valence-electron chi connectivity index (χ1n) is 7.18. The first kappa shape index (κ1) is 15.1. The van der Waals surface area contributed by atoms with Crippen LogP contribution in [-0.4, -0.2) is 39.9 Å². The van der Waals surface area contributed by atoms with Gasteiger partial charge in [0, 0.05) is 38.4 Å². The highest BCUT2D eigenvalue weighted by atomic mass is 16.1. The average Bonchev–Trinajstić information content (AvgIpc) is 2.95. The van der Waals surface area contributed by atoms with Crippen molar-refractivity contribution in [2.75, 3.05) is 24.2 Å². The Morgan fingerprint density at radius 2 is 2.29 bits per heavy atom. The van der Waals surface area contributed by atoms with E-state index in [1.54, 1.807) is 6.20 Å². The average molecular weight is 290 g/mol. The summed E-state index contributed by atoms with van der Waals surface area (Å²) < 4.78 is 1.89. The molecule has 1 atom stereocenters. The molecule has 2 aromatic rings. The van der Waals surface area contributed by atoms with Gasteiger partial charge >= 0.3 is 0 Å². The van der Waals surface area contributed by atoms with Crippen LogP contribution in [0, 0.1) is 0 Å². The van der Waals surface area contributed by atoms with Gasteiger partial charge in [0.2, 0.25) is 5.91 Å². The molecule has 0 spiro atoms. The first-order valence-corrected chi connectivity index (χ1v) is 7.18. The number of hydrogen-bond acceptors (Lipinski definition) is 5. The summed E-state index contributed by atoms with van der Waals surface area (Å²) in [5.74, 6) is 1.45. The molecule has 0 fully saturated rings. The molecule has 0 bridgehead atoms. The second-order valence-electron chi connectivity index (χ2n) is 4.94. The van der Waals surface area contributed by atoms with Gasteiger partial charge < -0.3 is 20.4 Å². The highest BCUT2D eigenvalue weighted by molar-refractivity contribution is 5.77. The Morgan fingerprint density at radius 3 is 3.00 bits per heavy atom. The summed E-state index contributed by atoms with van der Waals surface area (Å²) in [6, 6.07) is 0.210. The van der Waals surface area contributed by atoms with E-state index in [1.165, 1.54) is 0 Å². The van der Waals surface area contributed by atoms with Crippen molar-refractivity contribution in [3.8, 4) is 0 Å². The maximum atomic E-state index is 11.7. The van der Waals surface area contributed by atoms with Crippen molar-refractivity contribution >= 4 is 23.2 Å². The van der Waals surface area contributed by atoms with Gasteiger partial charge in [0.05, 0.1) is 6.20 Å². The number of nitrogens with zero attached hydrogens (tertiary/aromatic N) is 3. The normalized spacial score (nSPS) is 12.1. The minimum Gasteiger partial charge on any atom is -0.372 e. The molecule has 0 saturated carbocycles. The number of nitrogens with one attached hydrogen (secondary N) is 3. The summed E-state index contributed by atoms with van der Waals surface area (Å²) in [5.41, 5.74) is 0.747. The molecule has 0 aromatic carbocycles. The zero-order valence-electron chi connectivity index (χ0n) is 12.7. The standard InChI is InChI=1S/C14H22N6O/c1-4-10(2)18-12(21)5-6-16-13-14-17-7-8-20(14)9-11(15-3)19-13/h7-10,15H,4-6H2,1-3H3,(H,16,19)(H,18,21). The molecule has 0 aliphatic heterocycles. The van der Waals surface area contributed by atoms with Gasteiger partial charge in [-0.3, -0.25) is 4.79 Å². The number of rotatable bonds is 7. The van der Waals surface area contributed by atoms with E-state index in [0.717, 1.165) is 17.9 Å². The van der Waals surface area contributed by atoms with Crippen molar-refractivity contribution in [1.29, 1.82) is 0 Å². The third-order valence-electron chi connectivity index (χ3n) is 3.29. The number of hydrogen-bond donors (Lipinski definition) is 3. The fourth-order valence-corrected chi connectivity index (χ4v) is 1.91. The summed E-state index contributed by atoms with van der Waals surface area (Å²) in [6.45, 7) is 4.56. The first-order chi connectivity index (χ1) is 10.1. The van der Waals surface area contributed by atoms with Crippen molar-refractivity contribution in [3.63, 3.8) is 0 Å². The molecule has 0 saturated heterocycles. The minimum atomic E-state index is 0.0426. The number of amides is 1. The molecule has 1 unspecified atom stereocenters. The highest BCUT2D eigenvalue weighted by Crippen LogP contribution is 2.15. The van der Waals surface area contributed by atoms with Crippen molar-refractivity contribution in [3.05, 3.63) is 18.6 Å². The van der Waals surface area contributed by atoms with E-state index in [4.69, 9.17) is 0 Å². The minimum absolute atomic E-state index is 0.0426. The number of carbonyl (C=O) groups is 1. The fourth-order valence-electron chi connectivity index (χ4n) is 1.91. The summed E-state index contributed by atoms with van der Waals surface area (Å²) >= 11 is 0. The Balaban J connectivity index is 1.97. The maximum absolute atomic E-state index is 11.7. The summed E-state index contributed by atoms with van der Waals surface area (Å²) in [5, 5.41) is 9.12. The van der Waals surface area contributed by atoms with Crippen LogP contribution in [0.4, 0.5) is 11.6 Å². The Bertz CT molecular complexity index is 609. The van der Waals surface area contributed by atoms with Crippen molar-refractivity contribution in [1.82, 2.24) is 19.7 Å². The Kier molecular flexibility index (Phi) is 4.97. The fraction of sp³-hybridized carbons (Fsp3) is 0.500. The van der Waals surface area contributed by atoms with Crippen molar-refractivity contribution in [2.24, 2.45) is 0 Å². The maximum Gasteiger partial charge on any atom is 0.221 e. The number of anilines is 2. The molecular weight excluding hydrogens is 268 g/mol. The molecule has 7 nitrogen and oxygen atoms in total. The quantitative estimate of drug-likeness (QED) is 0.719. The molecule has 1 amide bonds. The summed E-state index contributed by atoms with van der Waals surface area (Å²) in [4.78, 5) is 20.4. The van der Waals surface area contributed by atoms with Crippen LogP contribution in [0.1, 0.15) is 26.7 Å². The SMILES string of the molecule is CCC(C)NC(=O)CCNc1nc(NC)cn2ccnc12. The Labute approximate surface area is 124 Å². The Hall–Kier alpha value is -2.31. The van der Waals surface area contributed by atoms with E-state index in [-0.39, 0.29) is 11.9 Å². The molecule has 114 valence electrons. The monoisotopic (exact) mass is 290 g/mol. The number of imidazole rings is 1. The molecule has 7 heteroatoms. The zero-order chi connectivity index (χ0) is 15.2. The number of carbonyl (C=O) groups excluding carboxylic acids is 1. The second kappa shape index (κ2) is 6.92. The lowest BCUT2D eigenvalue weighted by Gasteiger charge is -2.12. The van der Waals surface area contributed by atoms with Crippen LogP contribution in [0.25, 0.3) is 5.65 Å². The molecule has 0 radical (unpaired) electrons.